The summed E-state index contributed by atoms with van der Waals surface area (Å²) in [7, 11) is -2.93. The number of aliphatic carboxylic acids is 1. The lowest BCUT2D eigenvalue weighted by molar-refractivity contribution is -0.147. The standard InChI is InChI=1S/C9H16O4S/c1-2-14(12,13)6-5-7-3-4-8(7)9(10)11/h7-8H,2-6H2,1H3,(H,10,11). The van der Waals surface area contributed by atoms with E-state index in [1.54, 1.807) is 6.92 Å². The molecule has 14 heavy (non-hydrogen) atoms. The molecule has 0 aromatic carbocycles. The molecule has 82 valence electrons. The highest BCUT2D eigenvalue weighted by molar-refractivity contribution is 7.91. The Hall–Kier alpha value is -0.580. The normalized spacial score (nSPS) is 26.9. The molecule has 0 saturated heterocycles. The van der Waals surface area contributed by atoms with E-state index in [-0.39, 0.29) is 23.3 Å². The van der Waals surface area contributed by atoms with Crippen molar-refractivity contribution < 1.29 is 18.3 Å². The third-order valence-corrected chi connectivity index (χ3v) is 4.71. The molecule has 1 rings (SSSR count). The summed E-state index contributed by atoms with van der Waals surface area (Å²) in [6, 6.07) is 0. The van der Waals surface area contributed by atoms with Crippen LogP contribution in [-0.2, 0) is 14.6 Å². The van der Waals surface area contributed by atoms with Crippen LogP contribution in [0.5, 0.6) is 0 Å². The van der Waals surface area contributed by atoms with Crippen LogP contribution in [-0.4, -0.2) is 31.0 Å². The van der Waals surface area contributed by atoms with Gasteiger partial charge in [-0.3, -0.25) is 4.79 Å². The molecule has 0 aromatic heterocycles. The lowest BCUT2D eigenvalue weighted by Gasteiger charge is -2.33. The van der Waals surface area contributed by atoms with E-state index in [4.69, 9.17) is 5.11 Å². The molecule has 5 heteroatoms. The summed E-state index contributed by atoms with van der Waals surface area (Å²) in [5.41, 5.74) is 0. The van der Waals surface area contributed by atoms with Gasteiger partial charge >= 0.3 is 5.97 Å². The summed E-state index contributed by atoms with van der Waals surface area (Å²) in [6.07, 6.45) is 2.06. The maximum Gasteiger partial charge on any atom is 0.306 e. The summed E-state index contributed by atoms with van der Waals surface area (Å²) >= 11 is 0. The topological polar surface area (TPSA) is 71.4 Å². The van der Waals surface area contributed by atoms with Crippen LogP contribution in [0.1, 0.15) is 26.2 Å². The number of sulfone groups is 1. The van der Waals surface area contributed by atoms with Gasteiger partial charge in [0.25, 0.3) is 0 Å². The van der Waals surface area contributed by atoms with Crippen molar-refractivity contribution in [1.82, 2.24) is 0 Å². The number of carboxylic acids is 1. The van der Waals surface area contributed by atoms with Gasteiger partial charge in [-0.05, 0) is 25.2 Å². The molecule has 1 saturated carbocycles. The Morgan fingerprint density at radius 3 is 2.43 bits per heavy atom. The molecule has 0 heterocycles. The van der Waals surface area contributed by atoms with Crippen molar-refractivity contribution >= 4 is 15.8 Å². The van der Waals surface area contributed by atoms with Crippen LogP contribution in [0.15, 0.2) is 0 Å². The van der Waals surface area contributed by atoms with Crippen LogP contribution >= 0.6 is 0 Å². The minimum absolute atomic E-state index is 0.0776. The molecule has 0 spiro atoms. The molecule has 1 aliphatic rings. The average Bonchev–Trinajstić information content (AvgIpc) is 2.01. The van der Waals surface area contributed by atoms with Gasteiger partial charge in [-0.2, -0.15) is 0 Å². The van der Waals surface area contributed by atoms with E-state index in [9.17, 15) is 13.2 Å². The van der Waals surface area contributed by atoms with Gasteiger partial charge in [-0.1, -0.05) is 6.92 Å². The van der Waals surface area contributed by atoms with E-state index < -0.39 is 15.8 Å². The molecule has 2 unspecified atom stereocenters. The van der Waals surface area contributed by atoms with Crippen LogP contribution in [0.3, 0.4) is 0 Å². The van der Waals surface area contributed by atoms with Crippen molar-refractivity contribution in [2.45, 2.75) is 26.2 Å². The first-order chi connectivity index (χ1) is 6.46. The van der Waals surface area contributed by atoms with Crippen molar-refractivity contribution in [1.29, 1.82) is 0 Å². The number of carbonyl (C=O) groups is 1. The van der Waals surface area contributed by atoms with Crippen LogP contribution in [0.4, 0.5) is 0 Å². The van der Waals surface area contributed by atoms with Crippen LogP contribution in [0.2, 0.25) is 0 Å². The third-order valence-electron chi connectivity index (χ3n) is 2.97. The molecule has 4 nitrogen and oxygen atoms in total. The fourth-order valence-corrected chi connectivity index (χ4v) is 2.67. The minimum atomic E-state index is -2.93. The second-order valence-electron chi connectivity index (χ2n) is 3.81. The molecule has 0 bridgehead atoms. The zero-order valence-electron chi connectivity index (χ0n) is 8.27. The van der Waals surface area contributed by atoms with E-state index >= 15 is 0 Å². The summed E-state index contributed by atoms with van der Waals surface area (Å²) < 4.78 is 22.3. The Morgan fingerprint density at radius 1 is 1.43 bits per heavy atom. The Kier molecular flexibility index (Phi) is 3.53. The summed E-state index contributed by atoms with van der Waals surface area (Å²) in [4.78, 5) is 10.6. The highest BCUT2D eigenvalue weighted by Gasteiger charge is 2.36. The molecular weight excluding hydrogens is 204 g/mol. The number of carboxylic acid groups (broad SMARTS) is 1. The third kappa shape index (κ3) is 2.70. The number of rotatable bonds is 5. The van der Waals surface area contributed by atoms with Gasteiger partial charge < -0.3 is 5.11 Å². The van der Waals surface area contributed by atoms with Crippen LogP contribution < -0.4 is 0 Å². The first-order valence-electron chi connectivity index (χ1n) is 4.89. The van der Waals surface area contributed by atoms with Gasteiger partial charge in [0.2, 0.25) is 0 Å². The molecule has 1 fully saturated rings. The van der Waals surface area contributed by atoms with Gasteiger partial charge in [0.15, 0.2) is 0 Å². The Labute approximate surface area is 84.2 Å². The van der Waals surface area contributed by atoms with Crippen LogP contribution in [0.25, 0.3) is 0 Å². The molecule has 0 aliphatic heterocycles. The number of hydrogen-bond donors (Lipinski definition) is 1. The second-order valence-corrected chi connectivity index (χ2v) is 6.28. The molecule has 2 atom stereocenters. The highest BCUT2D eigenvalue weighted by Crippen LogP contribution is 2.37. The monoisotopic (exact) mass is 220 g/mol. The fourth-order valence-electron chi connectivity index (χ4n) is 1.71. The number of hydrogen-bond acceptors (Lipinski definition) is 3. The molecule has 0 aromatic rings. The lowest BCUT2D eigenvalue weighted by atomic mass is 9.72. The van der Waals surface area contributed by atoms with Crippen molar-refractivity contribution in [2.75, 3.05) is 11.5 Å². The van der Waals surface area contributed by atoms with Gasteiger partial charge in [-0.25, -0.2) is 8.42 Å². The van der Waals surface area contributed by atoms with E-state index in [0.717, 1.165) is 6.42 Å². The van der Waals surface area contributed by atoms with E-state index in [1.807, 2.05) is 0 Å². The molecule has 0 amide bonds. The predicted octanol–water partition coefficient (Wildman–Crippen LogP) is 0.922. The van der Waals surface area contributed by atoms with Gasteiger partial charge in [0.1, 0.15) is 9.84 Å². The van der Waals surface area contributed by atoms with Gasteiger partial charge in [0, 0.05) is 5.75 Å². The highest BCUT2D eigenvalue weighted by atomic mass is 32.2. The average molecular weight is 220 g/mol. The van der Waals surface area contributed by atoms with Crippen molar-refractivity contribution in [3.8, 4) is 0 Å². The molecule has 1 N–H and O–H groups in total. The van der Waals surface area contributed by atoms with Crippen LogP contribution in [0, 0.1) is 11.8 Å². The Balaban J connectivity index is 2.37. The van der Waals surface area contributed by atoms with Gasteiger partial charge in [0.05, 0.1) is 11.7 Å². The van der Waals surface area contributed by atoms with E-state index in [1.165, 1.54) is 0 Å². The zero-order valence-corrected chi connectivity index (χ0v) is 9.09. The van der Waals surface area contributed by atoms with Crippen molar-refractivity contribution in [2.24, 2.45) is 11.8 Å². The zero-order chi connectivity index (χ0) is 10.8. The smallest absolute Gasteiger partial charge is 0.306 e. The Morgan fingerprint density at radius 2 is 2.07 bits per heavy atom. The molecular formula is C9H16O4S. The van der Waals surface area contributed by atoms with Gasteiger partial charge in [-0.15, -0.1) is 0 Å². The lowest BCUT2D eigenvalue weighted by Crippen LogP contribution is -2.34. The predicted molar refractivity (Wildman–Crippen MR) is 52.8 cm³/mol. The Bertz CT molecular complexity index is 307. The largest absolute Gasteiger partial charge is 0.481 e. The van der Waals surface area contributed by atoms with E-state index in [0.29, 0.717) is 12.8 Å². The SMILES string of the molecule is CCS(=O)(=O)CCC1CCC1C(=O)O. The maximum absolute atomic E-state index is 11.2. The van der Waals surface area contributed by atoms with E-state index in [2.05, 4.69) is 0 Å². The molecule has 0 radical (unpaired) electrons. The first kappa shape index (κ1) is 11.5. The summed E-state index contributed by atoms with van der Waals surface area (Å²) in [5.74, 6) is -0.721. The second kappa shape index (κ2) is 4.29. The quantitative estimate of drug-likeness (QED) is 0.748. The maximum atomic E-state index is 11.2. The van der Waals surface area contributed by atoms with Crippen molar-refractivity contribution in [3.63, 3.8) is 0 Å². The van der Waals surface area contributed by atoms with Crippen molar-refractivity contribution in [3.05, 3.63) is 0 Å². The summed E-state index contributed by atoms with van der Waals surface area (Å²) in [6.45, 7) is 1.62. The minimum Gasteiger partial charge on any atom is -0.481 e. The summed E-state index contributed by atoms with van der Waals surface area (Å²) in [5, 5.41) is 8.74. The fraction of sp³-hybridized carbons (Fsp3) is 0.889. The molecule has 1 aliphatic carbocycles. The first-order valence-corrected chi connectivity index (χ1v) is 6.71.